The zero-order chi connectivity index (χ0) is 20.7. The number of halogens is 1. The fraction of sp³-hybridized carbons (Fsp3) is 0.381. The summed E-state index contributed by atoms with van der Waals surface area (Å²) < 4.78 is 0. The lowest BCUT2D eigenvalue weighted by molar-refractivity contribution is -0.115. The van der Waals surface area contributed by atoms with E-state index in [0.29, 0.717) is 22.5 Å². The molecule has 0 spiro atoms. The number of aryl methyl sites for hydroxylation is 2. The Morgan fingerprint density at radius 2 is 2.21 bits per heavy atom. The van der Waals surface area contributed by atoms with Crippen molar-refractivity contribution >= 4 is 56.5 Å². The van der Waals surface area contributed by atoms with Crippen LogP contribution in [0.25, 0.3) is 10.2 Å². The van der Waals surface area contributed by atoms with Gasteiger partial charge in [-0.1, -0.05) is 30.3 Å². The third-order valence-corrected chi connectivity index (χ3v) is 7.58. The molecule has 1 aliphatic carbocycles. The quantitative estimate of drug-likeness (QED) is 0.309. The Morgan fingerprint density at radius 1 is 1.41 bits per heavy atom. The number of phenols is 1. The summed E-state index contributed by atoms with van der Waals surface area (Å²) in [6.45, 7) is 6.02. The number of hydrogen-bond acceptors (Lipinski definition) is 6. The molecule has 152 valence electrons. The molecular weight excluding hydrogens is 426 g/mol. The largest absolute Gasteiger partial charge is 0.506 e. The number of aromatic nitrogens is 2. The minimum Gasteiger partial charge on any atom is -0.506 e. The molecule has 1 aromatic carbocycles. The first kappa shape index (κ1) is 20.4. The molecule has 2 heterocycles. The normalized spacial score (nSPS) is 17.2. The Labute approximate surface area is 182 Å². The highest BCUT2D eigenvalue weighted by molar-refractivity contribution is 8.00. The standard InChI is InChI=1S/C21H22ClN3O2S2/c1-10-4-6-14-17(8-10)29-21-18(14)20(23-12(3)24-21)28-11(2)19(27)25-15-9-13(22)5-7-16(15)26/h5,7,9-11,26H,4,6,8H2,1-3H3,(H,25,27). The fourth-order valence-corrected chi connectivity index (χ4v) is 6.25. The Balaban J connectivity index is 1.61. The van der Waals surface area contributed by atoms with Crippen LogP contribution >= 0.6 is 34.7 Å². The van der Waals surface area contributed by atoms with Crippen molar-refractivity contribution in [1.29, 1.82) is 0 Å². The van der Waals surface area contributed by atoms with Crippen LogP contribution in [0, 0.1) is 12.8 Å². The van der Waals surface area contributed by atoms with Crippen molar-refractivity contribution < 1.29 is 9.90 Å². The molecule has 0 saturated heterocycles. The van der Waals surface area contributed by atoms with Crippen molar-refractivity contribution in [3.8, 4) is 5.75 Å². The first-order chi connectivity index (χ1) is 13.8. The molecule has 2 unspecified atom stereocenters. The van der Waals surface area contributed by atoms with Crippen LogP contribution in [0.1, 0.15) is 36.5 Å². The minimum atomic E-state index is -0.399. The van der Waals surface area contributed by atoms with Crippen molar-refractivity contribution in [2.45, 2.75) is 50.3 Å². The van der Waals surface area contributed by atoms with Gasteiger partial charge in [0.05, 0.1) is 10.9 Å². The van der Waals surface area contributed by atoms with Gasteiger partial charge in [-0.3, -0.25) is 4.79 Å². The van der Waals surface area contributed by atoms with Gasteiger partial charge in [-0.15, -0.1) is 11.3 Å². The predicted octanol–water partition coefficient (Wildman–Crippen LogP) is 5.60. The van der Waals surface area contributed by atoms with E-state index in [2.05, 4.69) is 22.2 Å². The van der Waals surface area contributed by atoms with Crippen LogP contribution in [0.3, 0.4) is 0 Å². The van der Waals surface area contributed by atoms with Crippen molar-refractivity contribution in [1.82, 2.24) is 9.97 Å². The molecule has 8 heteroatoms. The third kappa shape index (κ3) is 4.22. The summed E-state index contributed by atoms with van der Waals surface area (Å²) >= 11 is 9.17. The highest BCUT2D eigenvalue weighted by atomic mass is 35.5. The van der Waals surface area contributed by atoms with Gasteiger partial charge in [0.15, 0.2) is 0 Å². The van der Waals surface area contributed by atoms with Crippen LogP contribution in [0.4, 0.5) is 5.69 Å². The Kier molecular flexibility index (Phi) is 5.73. The van der Waals surface area contributed by atoms with E-state index in [1.54, 1.807) is 17.4 Å². The van der Waals surface area contributed by atoms with Gasteiger partial charge in [-0.25, -0.2) is 9.97 Å². The van der Waals surface area contributed by atoms with E-state index in [4.69, 9.17) is 11.6 Å². The number of aromatic hydroxyl groups is 1. The minimum absolute atomic E-state index is 0.0127. The second-order valence-corrected chi connectivity index (χ2v) is 10.4. The molecule has 5 nitrogen and oxygen atoms in total. The van der Waals surface area contributed by atoms with Gasteiger partial charge in [-0.2, -0.15) is 0 Å². The van der Waals surface area contributed by atoms with E-state index in [9.17, 15) is 9.90 Å². The topological polar surface area (TPSA) is 75.1 Å². The number of nitrogens with one attached hydrogen (secondary N) is 1. The lowest BCUT2D eigenvalue weighted by atomic mass is 9.89. The molecule has 2 atom stereocenters. The summed E-state index contributed by atoms with van der Waals surface area (Å²) in [4.78, 5) is 24.5. The number of amides is 1. The van der Waals surface area contributed by atoms with Crippen LogP contribution in [-0.4, -0.2) is 26.2 Å². The number of carbonyl (C=O) groups excluding carboxylic acids is 1. The van der Waals surface area contributed by atoms with Crippen LogP contribution in [0.2, 0.25) is 5.02 Å². The SMILES string of the molecule is Cc1nc(SC(C)C(=O)Nc2cc(Cl)ccc2O)c2c3c(sc2n1)CC(C)CC3. The molecule has 2 N–H and O–H groups in total. The second kappa shape index (κ2) is 8.13. The van der Waals surface area contributed by atoms with Gasteiger partial charge in [0.1, 0.15) is 21.4 Å². The van der Waals surface area contributed by atoms with Crippen molar-refractivity contribution in [3.63, 3.8) is 0 Å². The van der Waals surface area contributed by atoms with Crippen molar-refractivity contribution in [2.75, 3.05) is 5.32 Å². The van der Waals surface area contributed by atoms with Gasteiger partial charge in [0.25, 0.3) is 0 Å². The zero-order valence-corrected chi connectivity index (χ0v) is 18.8. The molecule has 1 amide bonds. The average molecular weight is 448 g/mol. The molecule has 1 aliphatic rings. The van der Waals surface area contributed by atoms with E-state index in [1.807, 2.05) is 13.8 Å². The van der Waals surface area contributed by atoms with Gasteiger partial charge in [0, 0.05) is 15.3 Å². The molecule has 0 radical (unpaired) electrons. The summed E-state index contributed by atoms with van der Waals surface area (Å²) in [5.74, 6) is 1.18. The fourth-order valence-electron chi connectivity index (χ4n) is 3.56. The number of fused-ring (bicyclic) bond motifs is 3. The Bertz CT molecular complexity index is 1100. The smallest absolute Gasteiger partial charge is 0.237 e. The number of thiophene rings is 1. The van der Waals surface area contributed by atoms with Crippen LogP contribution in [0.5, 0.6) is 5.75 Å². The van der Waals surface area contributed by atoms with Gasteiger partial charge in [-0.05, 0) is 62.8 Å². The molecule has 0 fully saturated rings. The number of hydrogen-bond donors (Lipinski definition) is 2. The van der Waals surface area contributed by atoms with Gasteiger partial charge in [0.2, 0.25) is 5.91 Å². The van der Waals surface area contributed by atoms with Crippen LogP contribution in [-0.2, 0) is 17.6 Å². The lowest BCUT2D eigenvalue weighted by Gasteiger charge is -2.18. The maximum Gasteiger partial charge on any atom is 0.237 e. The molecular formula is C21H22ClN3O2S2. The first-order valence-electron chi connectivity index (χ1n) is 9.56. The number of nitrogens with zero attached hydrogens (tertiary/aromatic N) is 2. The highest BCUT2D eigenvalue weighted by Gasteiger charge is 2.26. The van der Waals surface area contributed by atoms with Crippen LogP contribution in [0.15, 0.2) is 23.2 Å². The number of benzene rings is 1. The monoisotopic (exact) mass is 447 g/mol. The maximum atomic E-state index is 12.7. The van der Waals surface area contributed by atoms with E-state index in [1.165, 1.54) is 40.8 Å². The van der Waals surface area contributed by atoms with Crippen LogP contribution < -0.4 is 5.32 Å². The average Bonchev–Trinajstić information content (AvgIpc) is 3.01. The van der Waals surface area contributed by atoms with E-state index < -0.39 is 5.25 Å². The maximum absolute atomic E-state index is 12.7. The van der Waals surface area contributed by atoms with Gasteiger partial charge < -0.3 is 10.4 Å². The number of phenolic OH excluding ortho intramolecular Hbond substituents is 1. The molecule has 29 heavy (non-hydrogen) atoms. The van der Waals surface area contributed by atoms with Gasteiger partial charge >= 0.3 is 0 Å². The molecule has 0 bridgehead atoms. The summed E-state index contributed by atoms with van der Waals surface area (Å²) in [5, 5.41) is 14.7. The van der Waals surface area contributed by atoms with E-state index >= 15 is 0 Å². The lowest BCUT2D eigenvalue weighted by Crippen LogP contribution is -2.22. The molecule has 3 aromatic rings. The van der Waals surface area contributed by atoms with E-state index in [0.717, 1.165) is 28.1 Å². The molecule has 0 aliphatic heterocycles. The predicted molar refractivity (Wildman–Crippen MR) is 120 cm³/mol. The summed E-state index contributed by atoms with van der Waals surface area (Å²) in [6.07, 6.45) is 3.29. The number of rotatable bonds is 4. The van der Waals surface area contributed by atoms with Crippen molar-refractivity contribution in [2.24, 2.45) is 5.92 Å². The number of anilines is 1. The van der Waals surface area contributed by atoms with E-state index in [-0.39, 0.29) is 11.7 Å². The Hall–Kier alpha value is -1.83. The van der Waals surface area contributed by atoms with Crippen molar-refractivity contribution in [3.05, 3.63) is 39.5 Å². The first-order valence-corrected chi connectivity index (χ1v) is 11.6. The second-order valence-electron chi connectivity index (χ2n) is 7.52. The Morgan fingerprint density at radius 3 is 3.00 bits per heavy atom. The number of thioether (sulfide) groups is 1. The summed E-state index contributed by atoms with van der Waals surface area (Å²) in [7, 11) is 0. The molecule has 4 rings (SSSR count). The summed E-state index contributed by atoms with van der Waals surface area (Å²) in [6, 6.07) is 4.58. The highest BCUT2D eigenvalue weighted by Crippen LogP contribution is 2.41. The zero-order valence-electron chi connectivity index (χ0n) is 16.5. The summed E-state index contributed by atoms with van der Waals surface area (Å²) in [5.41, 5.74) is 1.66. The number of carbonyl (C=O) groups is 1. The third-order valence-electron chi connectivity index (χ3n) is 5.11. The molecule has 0 saturated carbocycles. The molecule has 2 aromatic heterocycles.